The first-order valence-electron chi connectivity index (χ1n) is 12.4. The van der Waals surface area contributed by atoms with Crippen LogP contribution in [0.5, 0.6) is 11.5 Å². The van der Waals surface area contributed by atoms with E-state index in [1.807, 2.05) is 12.1 Å². The average molecular weight is 485 g/mol. The van der Waals surface area contributed by atoms with Crippen LogP contribution in [0.25, 0.3) is 0 Å². The smallest absolute Gasteiger partial charge is 0.308 e. The van der Waals surface area contributed by atoms with Crippen LogP contribution in [-0.2, 0) is 33.9 Å². The number of methoxy groups -OCH3 is 2. The second-order valence-corrected chi connectivity index (χ2v) is 11.6. The molecule has 0 fully saturated rings. The van der Waals surface area contributed by atoms with E-state index < -0.39 is 0 Å². The molecular formula is C30H44O5. The third kappa shape index (κ3) is 9.30. The lowest BCUT2D eigenvalue weighted by atomic mass is 9.69. The molecule has 0 N–H and O–H groups in total. The number of hydrogen-bond donors (Lipinski definition) is 0. The van der Waals surface area contributed by atoms with Gasteiger partial charge in [0, 0.05) is 38.7 Å². The summed E-state index contributed by atoms with van der Waals surface area (Å²) in [7, 11) is 3.25. The first-order valence-corrected chi connectivity index (χ1v) is 12.4. The van der Waals surface area contributed by atoms with E-state index in [0.717, 1.165) is 28.9 Å². The molecule has 0 saturated heterocycles. The van der Waals surface area contributed by atoms with Crippen LogP contribution in [-0.4, -0.2) is 26.8 Å². The van der Waals surface area contributed by atoms with Crippen LogP contribution in [0.2, 0.25) is 0 Å². The number of hydrogen-bond acceptors (Lipinski definition) is 5. The van der Waals surface area contributed by atoms with E-state index in [1.54, 1.807) is 14.2 Å². The van der Waals surface area contributed by atoms with E-state index in [2.05, 4.69) is 65.8 Å². The summed E-state index contributed by atoms with van der Waals surface area (Å²) < 4.78 is 22.2. The Balaban J connectivity index is 2.13. The summed E-state index contributed by atoms with van der Waals surface area (Å²) in [5.41, 5.74) is 4.53. The molecule has 2 aromatic rings. The Bertz CT molecular complexity index is 921. The Morgan fingerprint density at radius 1 is 0.886 bits per heavy atom. The maximum atomic E-state index is 11.6. The average Bonchev–Trinajstić information content (AvgIpc) is 2.74. The molecule has 2 rings (SSSR count). The molecule has 0 aliphatic rings. The normalized spacial score (nSPS) is 12.9. The molecule has 0 spiro atoms. The van der Waals surface area contributed by atoms with E-state index in [4.69, 9.17) is 18.9 Å². The summed E-state index contributed by atoms with van der Waals surface area (Å²) >= 11 is 0. The first-order chi connectivity index (χ1) is 16.3. The van der Waals surface area contributed by atoms with Crippen LogP contribution in [0, 0.1) is 10.8 Å². The van der Waals surface area contributed by atoms with Crippen LogP contribution in [0.15, 0.2) is 36.4 Å². The van der Waals surface area contributed by atoms with E-state index in [1.165, 1.54) is 12.5 Å². The maximum absolute atomic E-state index is 11.6. The van der Waals surface area contributed by atoms with Crippen molar-refractivity contribution in [2.75, 3.05) is 20.8 Å². The summed E-state index contributed by atoms with van der Waals surface area (Å²) in [5.74, 6) is 1.49. The van der Waals surface area contributed by atoms with Gasteiger partial charge in [-0.15, -0.1) is 0 Å². The zero-order chi connectivity index (χ0) is 26.2. The monoisotopic (exact) mass is 484 g/mol. The molecule has 0 radical (unpaired) electrons. The van der Waals surface area contributed by atoms with Crippen molar-refractivity contribution in [1.82, 2.24) is 0 Å². The first kappa shape index (κ1) is 28.9. The molecule has 0 bridgehead atoms. The fourth-order valence-electron chi connectivity index (χ4n) is 4.39. The largest absolute Gasteiger partial charge is 0.493 e. The second-order valence-electron chi connectivity index (χ2n) is 11.6. The summed E-state index contributed by atoms with van der Waals surface area (Å²) in [6.45, 7) is 16.5. The zero-order valence-electron chi connectivity index (χ0n) is 23.1. The third-order valence-electron chi connectivity index (χ3n) is 5.95. The molecule has 194 valence electrons. The molecule has 1 unspecified atom stereocenters. The number of rotatable bonds is 11. The van der Waals surface area contributed by atoms with Crippen molar-refractivity contribution in [2.45, 2.75) is 80.4 Å². The molecule has 0 aliphatic heterocycles. The van der Waals surface area contributed by atoms with Gasteiger partial charge in [-0.25, -0.2) is 0 Å². The van der Waals surface area contributed by atoms with Gasteiger partial charge in [0.25, 0.3) is 0 Å². The van der Waals surface area contributed by atoms with E-state index >= 15 is 0 Å². The number of carbonyl (C=O) groups excluding carboxylic acids is 1. The molecule has 0 aliphatic carbocycles. The molecule has 5 heteroatoms. The fraction of sp³-hybridized carbons (Fsp3) is 0.567. The predicted octanol–water partition coefficient (Wildman–Crippen LogP) is 7.09. The van der Waals surface area contributed by atoms with Gasteiger partial charge in [0.05, 0.1) is 19.8 Å². The quantitative estimate of drug-likeness (QED) is 0.252. The number of esters is 1. The number of ether oxygens (including phenoxy) is 4. The van der Waals surface area contributed by atoms with Gasteiger partial charge >= 0.3 is 5.97 Å². The lowest BCUT2D eigenvalue weighted by Gasteiger charge is -2.36. The lowest BCUT2D eigenvalue weighted by molar-refractivity contribution is -0.132. The highest BCUT2D eigenvalue weighted by Gasteiger charge is 2.30. The Morgan fingerprint density at radius 2 is 1.43 bits per heavy atom. The molecule has 0 heterocycles. The Labute approximate surface area is 212 Å². The van der Waals surface area contributed by atoms with Gasteiger partial charge < -0.3 is 18.9 Å². The van der Waals surface area contributed by atoms with Gasteiger partial charge in [-0.3, -0.25) is 4.79 Å². The summed E-state index contributed by atoms with van der Waals surface area (Å²) in [6, 6.07) is 12.6. The van der Waals surface area contributed by atoms with Crippen molar-refractivity contribution >= 4 is 5.97 Å². The van der Waals surface area contributed by atoms with Crippen molar-refractivity contribution < 1.29 is 23.7 Å². The molecule has 5 nitrogen and oxygen atoms in total. The van der Waals surface area contributed by atoms with Crippen molar-refractivity contribution in [3.05, 3.63) is 58.7 Å². The second kappa shape index (κ2) is 12.5. The van der Waals surface area contributed by atoms with Gasteiger partial charge in [-0.2, -0.15) is 0 Å². The van der Waals surface area contributed by atoms with Crippen LogP contribution >= 0.6 is 0 Å². The highest BCUT2D eigenvalue weighted by Crippen LogP contribution is 2.43. The van der Waals surface area contributed by atoms with Crippen LogP contribution < -0.4 is 9.47 Å². The number of carbonyl (C=O) groups is 1. The minimum atomic E-state index is -0.365. The minimum absolute atomic E-state index is 0.188. The van der Waals surface area contributed by atoms with Crippen LogP contribution in [0.3, 0.4) is 0 Å². The Hall–Kier alpha value is -2.37. The van der Waals surface area contributed by atoms with Crippen LogP contribution in [0.1, 0.15) is 83.1 Å². The highest BCUT2D eigenvalue weighted by molar-refractivity contribution is 5.70. The lowest BCUT2D eigenvalue weighted by Crippen LogP contribution is -2.23. The molecule has 1 atom stereocenters. The van der Waals surface area contributed by atoms with Crippen LogP contribution in [0.4, 0.5) is 0 Å². The van der Waals surface area contributed by atoms with Gasteiger partial charge in [0.1, 0.15) is 11.5 Å². The Morgan fingerprint density at radius 3 is 1.86 bits per heavy atom. The Kier molecular flexibility index (Phi) is 10.3. The molecule has 0 aromatic heterocycles. The third-order valence-corrected chi connectivity index (χ3v) is 5.95. The summed E-state index contributed by atoms with van der Waals surface area (Å²) in [6.07, 6.45) is 1.85. The van der Waals surface area contributed by atoms with E-state index in [-0.39, 0.29) is 16.8 Å². The topological polar surface area (TPSA) is 54.0 Å². The van der Waals surface area contributed by atoms with E-state index in [9.17, 15) is 4.79 Å². The summed E-state index contributed by atoms with van der Waals surface area (Å²) in [5, 5.41) is 0. The van der Waals surface area contributed by atoms with Crippen molar-refractivity contribution in [3.63, 3.8) is 0 Å². The number of benzene rings is 2. The maximum Gasteiger partial charge on any atom is 0.308 e. The standard InChI is InChI=1S/C30H44O5/c1-21(31)35-28-24(19-32-8)16-22(17-25(28)20-33-9)14-15-34-26-12-10-23(11-13-26)27(30(5,6)7)18-29(2,3)4/h10-13,16-17,27H,14-15,18-20H2,1-9H3. The fourth-order valence-corrected chi connectivity index (χ4v) is 4.39. The van der Waals surface area contributed by atoms with Gasteiger partial charge in [-0.05, 0) is 58.6 Å². The van der Waals surface area contributed by atoms with Gasteiger partial charge in [0.2, 0.25) is 0 Å². The van der Waals surface area contributed by atoms with Gasteiger partial charge in [-0.1, -0.05) is 53.7 Å². The molecule has 2 aromatic carbocycles. The molecule has 0 saturated carbocycles. The van der Waals surface area contributed by atoms with E-state index in [0.29, 0.717) is 37.9 Å². The molecule has 0 amide bonds. The highest BCUT2D eigenvalue weighted by atomic mass is 16.5. The zero-order valence-corrected chi connectivity index (χ0v) is 23.1. The predicted molar refractivity (Wildman–Crippen MR) is 141 cm³/mol. The van der Waals surface area contributed by atoms with Crippen molar-refractivity contribution in [3.8, 4) is 11.5 Å². The molecule has 35 heavy (non-hydrogen) atoms. The van der Waals surface area contributed by atoms with Crippen molar-refractivity contribution in [1.29, 1.82) is 0 Å². The SMILES string of the molecule is COCc1cc(CCOc2ccc(C(CC(C)(C)C)C(C)(C)C)cc2)cc(COC)c1OC(C)=O. The minimum Gasteiger partial charge on any atom is -0.493 e. The van der Waals surface area contributed by atoms with Gasteiger partial charge in [0.15, 0.2) is 0 Å². The van der Waals surface area contributed by atoms with Crippen molar-refractivity contribution in [2.24, 2.45) is 10.8 Å². The summed E-state index contributed by atoms with van der Waals surface area (Å²) in [4.78, 5) is 11.6. The molecular weight excluding hydrogens is 440 g/mol.